The average Bonchev–Trinajstić information content (AvgIpc) is 3.22. The zero-order chi connectivity index (χ0) is 17.4. The Balaban J connectivity index is 1.78. The second-order valence-electron chi connectivity index (χ2n) is 5.62. The van der Waals surface area contributed by atoms with Gasteiger partial charge >= 0.3 is 0 Å². The van der Waals surface area contributed by atoms with Gasteiger partial charge in [0.25, 0.3) is 0 Å². The van der Waals surface area contributed by atoms with Gasteiger partial charge in [-0.25, -0.2) is 9.37 Å². The van der Waals surface area contributed by atoms with E-state index >= 15 is 0 Å². The fraction of sp³-hybridized carbons (Fsp3) is 0.0526. The molecule has 4 rings (SSSR count). The van der Waals surface area contributed by atoms with E-state index < -0.39 is 0 Å². The molecule has 0 radical (unpaired) electrons. The van der Waals surface area contributed by atoms with Crippen LogP contribution >= 0.6 is 15.9 Å². The minimum absolute atomic E-state index is 0.288. The Hall–Kier alpha value is -2.73. The Labute approximate surface area is 152 Å². The van der Waals surface area contributed by atoms with Crippen molar-refractivity contribution in [3.63, 3.8) is 0 Å². The van der Waals surface area contributed by atoms with Gasteiger partial charge in [-0.15, -0.1) is 0 Å². The van der Waals surface area contributed by atoms with E-state index in [0.717, 1.165) is 27.0 Å². The molecule has 2 heterocycles. The molecule has 0 atom stereocenters. The molecule has 0 spiro atoms. The molecule has 0 aliphatic heterocycles. The summed E-state index contributed by atoms with van der Waals surface area (Å²) in [4.78, 5) is 4.50. The van der Waals surface area contributed by atoms with E-state index in [9.17, 15) is 4.39 Å². The normalized spacial score (nSPS) is 11.0. The third kappa shape index (κ3) is 3.00. The van der Waals surface area contributed by atoms with Crippen LogP contribution in [0.15, 0.2) is 70.1 Å². The largest absolute Gasteiger partial charge is 0.360 e. The van der Waals surface area contributed by atoms with E-state index in [4.69, 9.17) is 4.52 Å². The number of hydrogen-bond acceptors (Lipinski definition) is 3. The Morgan fingerprint density at radius 3 is 2.68 bits per heavy atom. The van der Waals surface area contributed by atoms with E-state index in [0.29, 0.717) is 11.5 Å². The molecule has 2 aromatic carbocycles. The number of nitrogens with zero attached hydrogens (tertiary/aromatic N) is 3. The minimum atomic E-state index is -0.288. The molecule has 0 N–H and O–H groups in total. The first kappa shape index (κ1) is 15.8. The van der Waals surface area contributed by atoms with Crippen LogP contribution in [0.5, 0.6) is 0 Å². The molecule has 0 aliphatic carbocycles. The van der Waals surface area contributed by atoms with Gasteiger partial charge in [0, 0.05) is 21.9 Å². The lowest BCUT2D eigenvalue weighted by Gasteiger charge is -2.02. The standard InChI is InChI=1S/C19H13BrFN3O/c1-12-18(19(23-25-12)13-5-7-15(21)8-6-13)17-10-24(11-22-17)16-4-2-3-14(20)9-16/h2-11H,1H3. The first-order valence-corrected chi connectivity index (χ1v) is 8.43. The summed E-state index contributed by atoms with van der Waals surface area (Å²) in [5, 5.41) is 4.13. The van der Waals surface area contributed by atoms with Crippen LogP contribution in [0, 0.1) is 12.7 Å². The summed E-state index contributed by atoms with van der Waals surface area (Å²) in [5.41, 5.74) is 3.98. The van der Waals surface area contributed by atoms with Gasteiger partial charge in [-0.3, -0.25) is 0 Å². The molecular weight excluding hydrogens is 385 g/mol. The summed E-state index contributed by atoms with van der Waals surface area (Å²) in [5.74, 6) is 0.378. The molecule has 0 saturated carbocycles. The average molecular weight is 398 g/mol. The highest BCUT2D eigenvalue weighted by molar-refractivity contribution is 9.10. The fourth-order valence-corrected chi connectivity index (χ4v) is 3.10. The fourth-order valence-electron chi connectivity index (χ4n) is 2.71. The molecule has 6 heteroatoms. The molecule has 0 aliphatic rings. The lowest BCUT2D eigenvalue weighted by molar-refractivity contribution is 0.400. The molecule has 0 saturated heterocycles. The highest BCUT2D eigenvalue weighted by Gasteiger charge is 2.19. The van der Waals surface area contributed by atoms with Crippen molar-refractivity contribution in [2.75, 3.05) is 0 Å². The van der Waals surface area contributed by atoms with Gasteiger partial charge in [0.15, 0.2) is 0 Å². The van der Waals surface area contributed by atoms with Crippen molar-refractivity contribution in [1.29, 1.82) is 0 Å². The van der Waals surface area contributed by atoms with Crippen molar-refractivity contribution in [1.82, 2.24) is 14.7 Å². The number of hydrogen-bond donors (Lipinski definition) is 0. The molecule has 25 heavy (non-hydrogen) atoms. The molecule has 4 aromatic rings. The van der Waals surface area contributed by atoms with Crippen LogP contribution in [-0.4, -0.2) is 14.7 Å². The highest BCUT2D eigenvalue weighted by atomic mass is 79.9. The maximum absolute atomic E-state index is 13.2. The van der Waals surface area contributed by atoms with Crippen molar-refractivity contribution < 1.29 is 8.91 Å². The second kappa shape index (κ2) is 6.29. The second-order valence-corrected chi connectivity index (χ2v) is 6.53. The molecular formula is C19H13BrFN3O. The minimum Gasteiger partial charge on any atom is -0.360 e. The maximum Gasteiger partial charge on any atom is 0.143 e. The third-order valence-electron chi connectivity index (χ3n) is 3.93. The number of halogens is 2. The van der Waals surface area contributed by atoms with Crippen LogP contribution < -0.4 is 0 Å². The van der Waals surface area contributed by atoms with Crippen LogP contribution in [0.3, 0.4) is 0 Å². The molecule has 124 valence electrons. The monoisotopic (exact) mass is 397 g/mol. The quantitative estimate of drug-likeness (QED) is 0.464. The number of imidazole rings is 1. The number of rotatable bonds is 3. The van der Waals surface area contributed by atoms with Gasteiger partial charge in [0.1, 0.15) is 17.3 Å². The molecule has 0 unspecified atom stereocenters. The van der Waals surface area contributed by atoms with Crippen molar-refractivity contribution in [2.24, 2.45) is 0 Å². The van der Waals surface area contributed by atoms with Crippen LogP contribution in [-0.2, 0) is 0 Å². The van der Waals surface area contributed by atoms with Gasteiger partial charge in [-0.1, -0.05) is 27.2 Å². The van der Waals surface area contributed by atoms with Gasteiger partial charge in [-0.05, 0) is 49.4 Å². The lowest BCUT2D eigenvalue weighted by atomic mass is 10.0. The Kier molecular flexibility index (Phi) is 3.97. The van der Waals surface area contributed by atoms with E-state index in [2.05, 4.69) is 26.1 Å². The van der Waals surface area contributed by atoms with Crippen molar-refractivity contribution >= 4 is 15.9 Å². The zero-order valence-corrected chi connectivity index (χ0v) is 14.9. The van der Waals surface area contributed by atoms with Gasteiger partial charge < -0.3 is 9.09 Å². The summed E-state index contributed by atoms with van der Waals surface area (Å²) in [6.45, 7) is 1.84. The topological polar surface area (TPSA) is 43.9 Å². The van der Waals surface area contributed by atoms with Crippen LogP contribution in [0.4, 0.5) is 4.39 Å². The summed E-state index contributed by atoms with van der Waals surface area (Å²) in [6.07, 6.45) is 3.67. The molecule has 2 aromatic heterocycles. The van der Waals surface area contributed by atoms with E-state index in [-0.39, 0.29) is 5.82 Å². The lowest BCUT2D eigenvalue weighted by Crippen LogP contribution is -1.89. The molecule has 0 bridgehead atoms. The first-order valence-electron chi connectivity index (χ1n) is 7.64. The predicted molar refractivity (Wildman–Crippen MR) is 96.9 cm³/mol. The number of aryl methyl sites for hydroxylation is 1. The summed E-state index contributed by atoms with van der Waals surface area (Å²) in [7, 11) is 0. The van der Waals surface area contributed by atoms with Gasteiger partial charge in [-0.2, -0.15) is 0 Å². The van der Waals surface area contributed by atoms with Crippen molar-refractivity contribution in [3.05, 3.63) is 77.1 Å². The molecule has 4 nitrogen and oxygen atoms in total. The highest BCUT2D eigenvalue weighted by Crippen LogP contribution is 2.33. The number of aromatic nitrogens is 3. The predicted octanol–water partition coefficient (Wildman–Crippen LogP) is 5.40. The zero-order valence-electron chi connectivity index (χ0n) is 13.3. The van der Waals surface area contributed by atoms with Crippen molar-refractivity contribution in [2.45, 2.75) is 6.92 Å². The van der Waals surface area contributed by atoms with E-state index in [1.54, 1.807) is 18.5 Å². The van der Waals surface area contributed by atoms with E-state index in [1.807, 2.05) is 42.0 Å². The van der Waals surface area contributed by atoms with Crippen LogP contribution in [0.2, 0.25) is 0 Å². The summed E-state index contributed by atoms with van der Waals surface area (Å²) < 4.78 is 21.5. The molecule has 0 amide bonds. The van der Waals surface area contributed by atoms with Crippen molar-refractivity contribution in [3.8, 4) is 28.2 Å². The Morgan fingerprint density at radius 2 is 1.92 bits per heavy atom. The van der Waals surface area contributed by atoms with E-state index in [1.165, 1.54) is 12.1 Å². The Bertz CT molecular complexity index is 1040. The number of benzene rings is 2. The van der Waals surface area contributed by atoms with Gasteiger partial charge in [0.05, 0.1) is 17.6 Å². The van der Waals surface area contributed by atoms with Gasteiger partial charge in [0.2, 0.25) is 0 Å². The van der Waals surface area contributed by atoms with Crippen LogP contribution in [0.25, 0.3) is 28.2 Å². The maximum atomic E-state index is 13.2. The smallest absolute Gasteiger partial charge is 0.143 e. The molecule has 0 fully saturated rings. The SMILES string of the molecule is Cc1onc(-c2ccc(F)cc2)c1-c1cn(-c2cccc(Br)c2)cn1. The van der Waals surface area contributed by atoms with Crippen LogP contribution in [0.1, 0.15) is 5.76 Å². The summed E-state index contributed by atoms with van der Waals surface area (Å²) in [6, 6.07) is 14.1. The third-order valence-corrected chi connectivity index (χ3v) is 4.42. The summed E-state index contributed by atoms with van der Waals surface area (Å²) >= 11 is 3.48. The first-order chi connectivity index (χ1) is 12.1. The Morgan fingerprint density at radius 1 is 1.12 bits per heavy atom.